The molecule has 0 unspecified atom stereocenters. The lowest BCUT2D eigenvalue weighted by atomic mass is 10.1. The van der Waals surface area contributed by atoms with Crippen LogP contribution in [-0.4, -0.2) is 16.0 Å². The van der Waals surface area contributed by atoms with E-state index in [0.717, 1.165) is 0 Å². The van der Waals surface area contributed by atoms with Gasteiger partial charge in [-0.1, -0.05) is 0 Å². The van der Waals surface area contributed by atoms with Crippen LogP contribution in [0.3, 0.4) is 0 Å². The summed E-state index contributed by atoms with van der Waals surface area (Å²) in [5.41, 5.74) is 1.76. The Morgan fingerprint density at radius 3 is 2.53 bits per heavy atom. The van der Waals surface area contributed by atoms with Gasteiger partial charge in [-0.2, -0.15) is 0 Å². The number of carbonyl (C=O) groups excluding carboxylic acids is 1. The fourth-order valence-electron chi connectivity index (χ4n) is 1.54. The second-order valence-corrected chi connectivity index (χ2v) is 3.75. The number of oxazole rings is 1. The number of hydrogen-bond acceptors (Lipinski definition) is 4. The Morgan fingerprint density at radius 1 is 1.35 bits per heavy atom. The van der Waals surface area contributed by atoms with Crippen molar-refractivity contribution in [2.24, 2.45) is 0 Å². The predicted molar refractivity (Wildman–Crippen MR) is 62.0 cm³/mol. The number of carbonyl (C=O) groups is 1. The molecule has 17 heavy (non-hydrogen) atoms. The third-order valence-corrected chi connectivity index (χ3v) is 2.41. The number of phenols is 1. The highest BCUT2D eigenvalue weighted by atomic mass is 16.4. The quantitative estimate of drug-likeness (QED) is 0.832. The van der Waals surface area contributed by atoms with Gasteiger partial charge in [-0.05, 0) is 37.1 Å². The molecule has 1 heterocycles. The third-order valence-electron chi connectivity index (χ3n) is 2.41. The van der Waals surface area contributed by atoms with Crippen LogP contribution >= 0.6 is 0 Å². The molecule has 0 atom stereocenters. The van der Waals surface area contributed by atoms with Crippen LogP contribution in [0.15, 0.2) is 29.0 Å². The number of hydrogen-bond donors (Lipinski definition) is 2. The van der Waals surface area contributed by atoms with Gasteiger partial charge in [0.15, 0.2) is 0 Å². The number of nitrogens with one attached hydrogen (secondary N) is 1. The van der Waals surface area contributed by atoms with Crippen molar-refractivity contribution in [3.05, 3.63) is 41.3 Å². The average Bonchev–Trinajstić information content (AvgIpc) is 2.77. The number of benzene rings is 1. The molecule has 2 rings (SSSR count). The first-order valence-electron chi connectivity index (χ1n) is 5.09. The van der Waals surface area contributed by atoms with Gasteiger partial charge in [0.1, 0.15) is 12.0 Å². The van der Waals surface area contributed by atoms with Gasteiger partial charge in [0.25, 0.3) is 5.91 Å². The zero-order valence-electron chi connectivity index (χ0n) is 9.52. The van der Waals surface area contributed by atoms with E-state index in [-0.39, 0.29) is 17.7 Å². The monoisotopic (exact) mass is 232 g/mol. The van der Waals surface area contributed by atoms with Crippen molar-refractivity contribution in [2.75, 3.05) is 5.32 Å². The Bertz CT molecular complexity index is 524. The lowest BCUT2D eigenvalue weighted by Gasteiger charge is -2.07. The standard InChI is InChI=1S/C12H12N2O3/c1-7-5-9(6-8(2)10(7)15)11(16)14-12-13-3-4-17-12/h3-6,15H,1-2H3,(H,13,14,16). The van der Waals surface area contributed by atoms with E-state index >= 15 is 0 Å². The maximum atomic E-state index is 11.8. The maximum Gasteiger partial charge on any atom is 0.301 e. The molecule has 2 aromatic rings. The van der Waals surface area contributed by atoms with Gasteiger partial charge in [0.2, 0.25) is 0 Å². The molecule has 0 saturated carbocycles. The van der Waals surface area contributed by atoms with Gasteiger partial charge >= 0.3 is 6.01 Å². The first kappa shape index (κ1) is 11.2. The van der Waals surface area contributed by atoms with Crippen molar-refractivity contribution in [2.45, 2.75) is 13.8 Å². The Balaban J connectivity index is 2.26. The molecule has 2 N–H and O–H groups in total. The van der Waals surface area contributed by atoms with Crippen molar-refractivity contribution in [1.29, 1.82) is 0 Å². The van der Waals surface area contributed by atoms with Crippen LogP contribution < -0.4 is 5.32 Å². The molecule has 0 saturated heterocycles. The van der Waals surface area contributed by atoms with Gasteiger partial charge in [0.05, 0.1) is 6.20 Å². The van der Waals surface area contributed by atoms with Crippen molar-refractivity contribution in [1.82, 2.24) is 4.98 Å². The number of anilines is 1. The molecule has 0 aliphatic carbocycles. The average molecular weight is 232 g/mol. The molecule has 5 heteroatoms. The van der Waals surface area contributed by atoms with Gasteiger partial charge in [0, 0.05) is 5.56 Å². The lowest BCUT2D eigenvalue weighted by molar-refractivity contribution is 0.102. The fraction of sp³-hybridized carbons (Fsp3) is 0.167. The van der Waals surface area contributed by atoms with E-state index in [0.29, 0.717) is 16.7 Å². The number of rotatable bonds is 2. The van der Waals surface area contributed by atoms with Gasteiger partial charge in [-0.15, -0.1) is 0 Å². The van der Waals surface area contributed by atoms with E-state index in [1.165, 1.54) is 12.5 Å². The normalized spacial score (nSPS) is 10.2. The van der Waals surface area contributed by atoms with Gasteiger partial charge < -0.3 is 9.52 Å². The van der Waals surface area contributed by atoms with Crippen LogP contribution in [0.25, 0.3) is 0 Å². The van der Waals surface area contributed by atoms with E-state index in [1.54, 1.807) is 26.0 Å². The molecule has 1 aromatic carbocycles. The van der Waals surface area contributed by atoms with E-state index in [2.05, 4.69) is 10.3 Å². The zero-order chi connectivity index (χ0) is 12.4. The molecule has 0 radical (unpaired) electrons. The summed E-state index contributed by atoms with van der Waals surface area (Å²) >= 11 is 0. The minimum Gasteiger partial charge on any atom is -0.507 e. The maximum absolute atomic E-state index is 11.8. The summed E-state index contributed by atoms with van der Waals surface area (Å²) < 4.78 is 4.92. The highest BCUT2D eigenvalue weighted by Crippen LogP contribution is 2.23. The molecular weight excluding hydrogens is 220 g/mol. The second kappa shape index (κ2) is 4.29. The van der Waals surface area contributed by atoms with Crippen LogP contribution in [0.4, 0.5) is 6.01 Å². The number of phenolic OH excluding ortho intramolecular Hbond substituents is 1. The van der Waals surface area contributed by atoms with E-state index < -0.39 is 0 Å². The van der Waals surface area contributed by atoms with E-state index in [4.69, 9.17) is 4.42 Å². The third kappa shape index (κ3) is 2.28. The molecular formula is C12H12N2O3. The SMILES string of the molecule is Cc1cc(C(=O)Nc2ncco2)cc(C)c1O. The first-order chi connectivity index (χ1) is 8.08. The summed E-state index contributed by atoms with van der Waals surface area (Å²) in [6, 6.07) is 3.37. The summed E-state index contributed by atoms with van der Waals surface area (Å²) in [5.74, 6) is -0.115. The fourth-order valence-corrected chi connectivity index (χ4v) is 1.54. The molecule has 1 amide bonds. The number of amides is 1. The minimum atomic E-state index is -0.321. The number of aromatic hydroxyl groups is 1. The van der Waals surface area contributed by atoms with E-state index in [1.807, 2.05) is 0 Å². The highest BCUT2D eigenvalue weighted by molar-refractivity contribution is 6.03. The zero-order valence-corrected chi connectivity index (χ0v) is 9.52. The Morgan fingerprint density at radius 2 is 2.00 bits per heavy atom. The molecule has 0 aliphatic rings. The van der Waals surface area contributed by atoms with Crippen molar-refractivity contribution in [3.8, 4) is 5.75 Å². The summed E-state index contributed by atoms with van der Waals surface area (Å²) in [5, 5.41) is 12.1. The van der Waals surface area contributed by atoms with Crippen molar-refractivity contribution >= 4 is 11.9 Å². The number of aromatic nitrogens is 1. The Kier molecular flexibility index (Phi) is 2.82. The molecule has 0 aliphatic heterocycles. The predicted octanol–water partition coefficient (Wildman–Crippen LogP) is 2.25. The lowest BCUT2D eigenvalue weighted by Crippen LogP contribution is -2.12. The van der Waals surface area contributed by atoms with Crippen LogP contribution in [0, 0.1) is 13.8 Å². The summed E-state index contributed by atoms with van der Waals surface area (Å²) in [6.07, 6.45) is 2.83. The molecule has 0 bridgehead atoms. The van der Waals surface area contributed by atoms with Gasteiger partial charge in [-0.25, -0.2) is 4.98 Å². The highest BCUT2D eigenvalue weighted by Gasteiger charge is 2.11. The topological polar surface area (TPSA) is 75.4 Å². The number of aryl methyl sites for hydroxylation is 2. The largest absolute Gasteiger partial charge is 0.507 e. The van der Waals surface area contributed by atoms with Crippen LogP contribution in [-0.2, 0) is 0 Å². The molecule has 88 valence electrons. The van der Waals surface area contributed by atoms with Crippen molar-refractivity contribution in [3.63, 3.8) is 0 Å². The van der Waals surface area contributed by atoms with Crippen molar-refractivity contribution < 1.29 is 14.3 Å². The summed E-state index contributed by atoms with van der Waals surface area (Å²) in [4.78, 5) is 15.6. The first-order valence-corrected chi connectivity index (χ1v) is 5.09. The van der Waals surface area contributed by atoms with Crippen LogP contribution in [0.1, 0.15) is 21.5 Å². The Labute approximate surface area is 98.1 Å². The smallest absolute Gasteiger partial charge is 0.301 e. The molecule has 0 spiro atoms. The van der Waals surface area contributed by atoms with Crippen LogP contribution in [0.5, 0.6) is 5.75 Å². The minimum absolute atomic E-state index is 0.151. The van der Waals surface area contributed by atoms with E-state index in [9.17, 15) is 9.90 Å². The molecule has 1 aromatic heterocycles. The Hall–Kier alpha value is -2.30. The molecule has 0 fully saturated rings. The summed E-state index contributed by atoms with van der Waals surface area (Å²) in [6.45, 7) is 3.48. The number of nitrogens with zero attached hydrogens (tertiary/aromatic N) is 1. The summed E-state index contributed by atoms with van der Waals surface area (Å²) in [7, 11) is 0. The second-order valence-electron chi connectivity index (χ2n) is 3.75. The molecule has 5 nitrogen and oxygen atoms in total. The van der Waals surface area contributed by atoms with Gasteiger partial charge in [-0.3, -0.25) is 10.1 Å². The van der Waals surface area contributed by atoms with Crippen LogP contribution in [0.2, 0.25) is 0 Å².